The Bertz CT molecular complexity index is 840. The molecule has 0 aliphatic rings. The van der Waals surface area contributed by atoms with Gasteiger partial charge in [-0.05, 0) is 52.3 Å². The third kappa shape index (κ3) is 3.84. The first-order chi connectivity index (χ1) is 11.7. The second-order valence-electron chi connectivity index (χ2n) is 5.48. The van der Waals surface area contributed by atoms with Crippen molar-refractivity contribution >= 4 is 34.3 Å². The van der Waals surface area contributed by atoms with Crippen LogP contribution in [0.25, 0.3) is 0 Å². The highest BCUT2D eigenvalue weighted by Gasteiger charge is 2.12. The van der Waals surface area contributed by atoms with Crippen LogP contribution in [0.15, 0.2) is 60.8 Å². The van der Waals surface area contributed by atoms with E-state index in [0.29, 0.717) is 17.9 Å². The Kier molecular flexibility index (Phi) is 5.30. The lowest BCUT2D eigenvalue weighted by Gasteiger charge is -2.10. The molecule has 1 heterocycles. The van der Waals surface area contributed by atoms with Crippen LogP contribution in [0.3, 0.4) is 0 Å². The molecule has 1 N–H and O–H groups in total. The van der Waals surface area contributed by atoms with Crippen molar-refractivity contribution < 1.29 is 4.79 Å². The third-order valence-corrected chi connectivity index (χ3v) is 4.78. The molecule has 0 bridgehead atoms. The molecule has 0 atom stereocenters. The molecule has 0 fully saturated rings. The number of rotatable bonds is 5. The fraction of sp³-hybridized carbons (Fsp3) is 0.158. The third-order valence-electron chi connectivity index (χ3n) is 3.84. The van der Waals surface area contributed by atoms with E-state index in [2.05, 4.69) is 64.2 Å². The fourth-order valence-electron chi connectivity index (χ4n) is 2.45. The maximum Gasteiger partial charge on any atom is 0.257 e. The van der Waals surface area contributed by atoms with Crippen molar-refractivity contribution in [2.75, 3.05) is 5.32 Å². The zero-order valence-corrected chi connectivity index (χ0v) is 15.5. The number of aromatic nitrogens is 2. The number of halogens is 1. The van der Waals surface area contributed by atoms with Gasteiger partial charge in [-0.3, -0.25) is 4.79 Å². The van der Waals surface area contributed by atoms with Crippen LogP contribution in [-0.4, -0.2) is 15.7 Å². The number of nitrogens with zero attached hydrogens (tertiary/aromatic N) is 2. The molecule has 1 amide bonds. The Morgan fingerprint density at radius 1 is 1.08 bits per heavy atom. The average Bonchev–Trinajstić information content (AvgIpc) is 3.02. The van der Waals surface area contributed by atoms with E-state index in [1.807, 2.05) is 30.3 Å². The second kappa shape index (κ2) is 7.61. The minimum absolute atomic E-state index is 0.122. The van der Waals surface area contributed by atoms with Crippen LogP contribution < -0.4 is 5.32 Å². The first kappa shape index (κ1) is 16.7. The summed E-state index contributed by atoms with van der Waals surface area (Å²) in [6.07, 6.45) is 2.73. The highest BCUT2D eigenvalue weighted by atomic mass is 127. The monoisotopic (exact) mass is 431 g/mol. The molecule has 4 nitrogen and oxygen atoms in total. The number of hydrogen-bond acceptors (Lipinski definition) is 2. The summed E-state index contributed by atoms with van der Waals surface area (Å²) in [6.45, 7) is 2.76. The van der Waals surface area contributed by atoms with Gasteiger partial charge in [0.2, 0.25) is 0 Å². The Balaban J connectivity index is 1.75. The van der Waals surface area contributed by atoms with E-state index in [1.165, 1.54) is 5.56 Å². The van der Waals surface area contributed by atoms with Crippen molar-refractivity contribution in [3.63, 3.8) is 0 Å². The highest BCUT2D eigenvalue weighted by molar-refractivity contribution is 14.1. The van der Waals surface area contributed by atoms with Crippen molar-refractivity contribution in [3.8, 4) is 0 Å². The fourth-order valence-corrected chi connectivity index (χ4v) is 3.08. The lowest BCUT2D eigenvalue weighted by atomic mass is 10.1. The lowest BCUT2D eigenvalue weighted by molar-refractivity contribution is 0.102. The van der Waals surface area contributed by atoms with Gasteiger partial charge in [-0.1, -0.05) is 43.3 Å². The molecular formula is C19H18IN3O. The van der Waals surface area contributed by atoms with Crippen LogP contribution >= 0.6 is 22.6 Å². The van der Waals surface area contributed by atoms with Crippen LogP contribution in [0.2, 0.25) is 0 Å². The van der Waals surface area contributed by atoms with Gasteiger partial charge in [0, 0.05) is 9.64 Å². The van der Waals surface area contributed by atoms with Crippen molar-refractivity contribution in [3.05, 3.63) is 81.1 Å². The molecule has 0 radical (unpaired) electrons. The average molecular weight is 431 g/mol. The molecule has 3 aromatic rings. The van der Waals surface area contributed by atoms with Gasteiger partial charge in [0.15, 0.2) is 0 Å². The first-order valence-electron chi connectivity index (χ1n) is 7.83. The van der Waals surface area contributed by atoms with Crippen LogP contribution in [0.1, 0.15) is 28.4 Å². The molecule has 24 heavy (non-hydrogen) atoms. The Labute approximate surface area is 155 Å². The Morgan fingerprint density at radius 2 is 1.79 bits per heavy atom. The molecule has 2 aromatic carbocycles. The predicted molar refractivity (Wildman–Crippen MR) is 104 cm³/mol. The van der Waals surface area contributed by atoms with Crippen LogP contribution in [-0.2, 0) is 13.0 Å². The van der Waals surface area contributed by atoms with Crippen LogP contribution in [0.5, 0.6) is 0 Å². The van der Waals surface area contributed by atoms with E-state index in [0.717, 1.165) is 15.6 Å². The van der Waals surface area contributed by atoms with Crippen molar-refractivity contribution in [1.29, 1.82) is 0 Å². The van der Waals surface area contributed by atoms with Gasteiger partial charge in [0.1, 0.15) is 5.82 Å². The second-order valence-corrected chi connectivity index (χ2v) is 6.64. The highest BCUT2D eigenvalue weighted by Crippen LogP contribution is 2.16. The Morgan fingerprint density at radius 3 is 2.50 bits per heavy atom. The van der Waals surface area contributed by atoms with Gasteiger partial charge in [-0.15, -0.1) is 0 Å². The number of hydrogen-bond donors (Lipinski definition) is 1. The maximum absolute atomic E-state index is 12.5. The summed E-state index contributed by atoms with van der Waals surface area (Å²) in [6, 6.07) is 17.8. The summed E-state index contributed by atoms with van der Waals surface area (Å²) in [4.78, 5) is 12.5. The Hall–Kier alpha value is -2.15. The molecule has 5 heteroatoms. The molecule has 0 saturated carbocycles. The minimum Gasteiger partial charge on any atom is -0.307 e. The van der Waals surface area contributed by atoms with Gasteiger partial charge in [0.05, 0.1) is 18.3 Å². The van der Waals surface area contributed by atoms with Crippen molar-refractivity contribution in [1.82, 2.24) is 9.78 Å². The predicted octanol–water partition coefficient (Wildman–Crippen LogP) is 4.35. The van der Waals surface area contributed by atoms with Gasteiger partial charge in [-0.25, -0.2) is 4.68 Å². The summed E-state index contributed by atoms with van der Waals surface area (Å²) >= 11 is 2.17. The summed E-state index contributed by atoms with van der Waals surface area (Å²) in [5.74, 6) is 0.572. The van der Waals surface area contributed by atoms with Crippen LogP contribution in [0, 0.1) is 3.57 Å². The molecule has 3 rings (SSSR count). The molecule has 0 aliphatic heterocycles. The van der Waals surface area contributed by atoms with E-state index >= 15 is 0 Å². The summed E-state index contributed by atoms with van der Waals surface area (Å²) in [5.41, 5.74) is 3.13. The summed E-state index contributed by atoms with van der Waals surface area (Å²) in [7, 11) is 0. The SMILES string of the molecule is CCc1ccc(Cn2nccc2NC(=O)c2ccccc2I)cc1. The number of carbonyl (C=O) groups is 1. The zero-order chi connectivity index (χ0) is 16.9. The van der Waals surface area contributed by atoms with E-state index in [9.17, 15) is 4.79 Å². The number of benzene rings is 2. The summed E-state index contributed by atoms with van der Waals surface area (Å²) in [5, 5.41) is 7.27. The minimum atomic E-state index is -0.122. The maximum atomic E-state index is 12.5. The smallest absolute Gasteiger partial charge is 0.257 e. The summed E-state index contributed by atoms with van der Waals surface area (Å²) < 4.78 is 2.73. The largest absolute Gasteiger partial charge is 0.307 e. The zero-order valence-electron chi connectivity index (χ0n) is 13.4. The van der Waals surface area contributed by atoms with Gasteiger partial charge in [-0.2, -0.15) is 5.10 Å². The normalized spacial score (nSPS) is 10.6. The lowest BCUT2D eigenvalue weighted by Crippen LogP contribution is -2.17. The van der Waals surface area contributed by atoms with Gasteiger partial charge in [0.25, 0.3) is 5.91 Å². The van der Waals surface area contributed by atoms with E-state index in [-0.39, 0.29) is 5.91 Å². The van der Waals surface area contributed by atoms with Crippen molar-refractivity contribution in [2.45, 2.75) is 19.9 Å². The molecule has 0 aliphatic carbocycles. The van der Waals surface area contributed by atoms with E-state index in [1.54, 1.807) is 10.9 Å². The van der Waals surface area contributed by atoms with Gasteiger partial charge < -0.3 is 5.32 Å². The molecule has 1 aromatic heterocycles. The van der Waals surface area contributed by atoms with E-state index < -0.39 is 0 Å². The van der Waals surface area contributed by atoms with E-state index in [4.69, 9.17) is 0 Å². The topological polar surface area (TPSA) is 46.9 Å². The standard InChI is InChI=1S/C19H18IN3O/c1-2-14-7-9-15(10-8-14)13-23-18(11-12-21-23)22-19(24)16-5-3-4-6-17(16)20/h3-12H,2,13H2,1H3,(H,22,24). The molecule has 0 saturated heterocycles. The first-order valence-corrected chi connectivity index (χ1v) is 8.90. The number of anilines is 1. The number of amides is 1. The van der Waals surface area contributed by atoms with Crippen LogP contribution in [0.4, 0.5) is 5.82 Å². The number of aryl methyl sites for hydroxylation is 1. The molecular weight excluding hydrogens is 413 g/mol. The molecule has 0 unspecified atom stereocenters. The number of nitrogens with one attached hydrogen (secondary N) is 1. The van der Waals surface area contributed by atoms with Gasteiger partial charge >= 0.3 is 0 Å². The quantitative estimate of drug-likeness (QED) is 0.611. The molecule has 0 spiro atoms. The van der Waals surface area contributed by atoms with Crippen molar-refractivity contribution in [2.24, 2.45) is 0 Å². The molecule has 122 valence electrons. The number of carbonyl (C=O) groups excluding carboxylic acids is 1.